The van der Waals surface area contributed by atoms with Gasteiger partial charge in [-0.2, -0.15) is 0 Å². The standard InChI is InChI=1S/C57H112NO8P/c1-6-8-10-12-14-16-18-20-22-24-26-28-29-30-32-34-36-38-40-42-44-46-48-50-57(60)66-55(54-65-67(61,62)64-52-51-58(3,4)5)53-63-56(59)49-47-45-43-41-39-37-35-33-31-27-25-23-21-19-17-15-13-11-9-7-2/h42,44,55H,6-41,43,45-54H2,1-5H3/b44-42+/t55-/m1/s1. The quantitative estimate of drug-likeness (QED) is 0.0195. The number of ether oxygens (including phenoxy) is 2. The number of hydrogen-bond donors (Lipinski definition) is 0. The van der Waals surface area contributed by atoms with Crippen LogP contribution in [0, 0.1) is 0 Å². The van der Waals surface area contributed by atoms with Crippen LogP contribution in [0.5, 0.6) is 0 Å². The van der Waals surface area contributed by atoms with E-state index in [0.717, 1.165) is 32.1 Å². The van der Waals surface area contributed by atoms with Crippen molar-refractivity contribution in [3.05, 3.63) is 12.2 Å². The SMILES string of the molecule is CCCCCCCCCCCCCCCCCCCC/C=C/CCCC(=O)O[C@H](COC(=O)CCCCCCCCCCCCCCCCCCCCCC)COP(=O)([O-])OCC[N+](C)(C)C. The lowest BCUT2D eigenvalue weighted by atomic mass is 10.0. The Kier molecular flexibility index (Phi) is 48.8. The molecule has 9 nitrogen and oxygen atoms in total. The average molecular weight is 970 g/mol. The number of carbonyl (C=O) groups excluding carboxylic acids is 2. The van der Waals surface area contributed by atoms with E-state index in [9.17, 15) is 19.0 Å². The third-order valence-electron chi connectivity index (χ3n) is 13.0. The van der Waals surface area contributed by atoms with Crippen LogP contribution in [-0.4, -0.2) is 70.0 Å². The van der Waals surface area contributed by atoms with Gasteiger partial charge in [0.05, 0.1) is 27.7 Å². The van der Waals surface area contributed by atoms with Crippen LogP contribution in [0.2, 0.25) is 0 Å². The van der Waals surface area contributed by atoms with Crippen LogP contribution in [-0.2, 0) is 32.7 Å². The van der Waals surface area contributed by atoms with Crippen molar-refractivity contribution in [2.45, 2.75) is 296 Å². The zero-order valence-electron chi connectivity index (χ0n) is 45.1. The van der Waals surface area contributed by atoms with Gasteiger partial charge in [0.25, 0.3) is 7.82 Å². The summed E-state index contributed by atoms with van der Waals surface area (Å²) < 4.78 is 34.1. The molecule has 398 valence electrons. The van der Waals surface area contributed by atoms with Gasteiger partial charge in [0.15, 0.2) is 6.10 Å². The molecule has 2 atom stereocenters. The van der Waals surface area contributed by atoms with Gasteiger partial charge in [0, 0.05) is 12.8 Å². The molecule has 0 aromatic carbocycles. The van der Waals surface area contributed by atoms with E-state index in [1.807, 2.05) is 21.1 Å². The van der Waals surface area contributed by atoms with Gasteiger partial charge in [0.2, 0.25) is 0 Å². The van der Waals surface area contributed by atoms with Crippen LogP contribution in [0.4, 0.5) is 0 Å². The fraction of sp³-hybridized carbons (Fsp3) is 0.930. The van der Waals surface area contributed by atoms with Crippen LogP contribution in [0.1, 0.15) is 290 Å². The van der Waals surface area contributed by atoms with Gasteiger partial charge in [-0.3, -0.25) is 14.2 Å². The van der Waals surface area contributed by atoms with Gasteiger partial charge in [-0.05, 0) is 32.1 Å². The molecule has 0 aromatic rings. The van der Waals surface area contributed by atoms with Gasteiger partial charge >= 0.3 is 11.9 Å². The predicted octanol–water partition coefficient (Wildman–Crippen LogP) is 17.0. The minimum atomic E-state index is -4.64. The van der Waals surface area contributed by atoms with E-state index in [1.54, 1.807) is 0 Å². The lowest BCUT2D eigenvalue weighted by Gasteiger charge is -2.28. The molecule has 0 aliphatic carbocycles. The second-order valence-electron chi connectivity index (χ2n) is 21.0. The number of hydrogen-bond acceptors (Lipinski definition) is 8. The molecule has 0 aliphatic rings. The summed E-state index contributed by atoms with van der Waals surface area (Å²) >= 11 is 0. The number of nitrogens with zero attached hydrogens (tertiary/aromatic N) is 1. The number of phosphoric acid groups is 1. The van der Waals surface area contributed by atoms with Gasteiger partial charge in [-0.1, -0.05) is 257 Å². The summed E-state index contributed by atoms with van der Waals surface area (Å²) in [6.07, 6.45) is 57.0. The Hall–Kier alpha value is -1.25. The van der Waals surface area contributed by atoms with Crippen molar-refractivity contribution < 1.29 is 42.1 Å². The highest BCUT2D eigenvalue weighted by Crippen LogP contribution is 2.38. The Bertz CT molecular complexity index is 1140. The number of rotatable bonds is 54. The zero-order valence-corrected chi connectivity index (χ0v) is 46.0. The highest BCUT2D eigenvalue weighted by Gasteiger charge is 2.21. The van der Waals surface area contributed by atoms with Crippen LogP contribution in [0.3, 0.4) is 0 Å². The van der Waals surface area contributed by atoms with E-state index in [2.05, 4.69) is 26.0 Å². The molecular formula is C57H112NO8P. The minimum Gasteiger partial charge on any atom is -0.756 e. The van der Waals surface area contributed by atoms with Crippen LogP contribution >= 0.6 is 7.82 Å². The molecule has 10 heteroatoms. The number of allylic oxidation sites excluding steroid dienone is 2. The monoisotopic (exact) mass is 970 g/mol. The van der Waals surface area contributed by atoms with Crippen molar-refractivity contribution in [1.82, 2.24) is 0 Å². The molecule has 0 fully saturated rings. The molecule has 0 spiro atoms. The third-order valence-corrected chi connectivity index (χ3v) is 14.0. The number of quaternary nitrogens is 1. The Morgan fingerprint density at radius 2 is 0.776 bits per heavy atom. The molecule has 0 heterocycles. The molecule has 0 rings (SSSR count). The Morgan fingerprint density at radius 3 is 1.15 bits per heavy atom. The molecule has 0 bridgehead atoms. The Morgan fingerprint density at radius 1 is 0.448 bits per heavy atom. The van der Waals surface area contributed by atoms with Crippen molar-refractivity contribution in [2.24, 2.45) is 0 Å². The third kappa shape index (κ3) is 53.9. The topological polar surface area (TPSA) is 111 Å². The largest absolute Gasteiger partial charge is 0.756 e. The molecule has 0 saturated heterocycles. The molecule has 0 aliphatic heterocycles. The maximum Gasteiger partial charge on any atom is 0.306 e. The van der Waals surface area contributed by atoms with Gasteiger partial charge in [-0.15, -0.1) is 0 Å². The lowest BCUT2D eigenvalue weighted by molar-refractivity contribution is -0.870. The van der Waals surface area contributed by atoms with Gasteiger partial charge < -0.3 is 27.9 Å². The minimum absolute atomic E-state index is 0.0315. The zero-order chi connectivity index (χ0) is 49.2. The summed E-state index contributed by atoms with van der Waals surface area (Å²) in [6.45, 7) is 4.27. The fourth-order valence-corrected chi connectivity index (χ4v) is 9.27. The van der Waals surface area contributed by atoms with Crippen molar-refractivity contribution in [1.29, 1.82) is 0 Å². The molecule has 0 aromatic heterocycles. The van der Waals surface area contributed by atoms with Crippen molar-refractivity contribution in [3.63, 3.8) is 0 Å². The average Bonchev–Trinajstić information content (AvgIpc) is 3.29. The van der Waals surface area contributed by atoms with E-state index in [1.165, 1.54) is 225 Å². The molecule has 67 heavy (non-hydrogen) atoms. The van der Waals surface area contributed by atoms with Crippen molar-refractivity contribution in [2.75, 3.05) is 47.5 Å². The summed E-state index contributed by atoms with van der Waals surface area (Å²) in [4.78, 5) is 37.8. The van der Waals surface area contributed by atoms with Crippen LogP contribution in [0.15, 0.2) is 12.2 Å². The maximum absolute atomic E-state index is 12.8. The normalized spacial score (nSPS) is 13.3. The van der Waals surface area contributed by atoms with Crippen molar-refractivity contribution >= 4 is 19.8 Å². The number of phosphoric ester groups is 1. The Labute approximate surface area is 416 Å². The number of carbonyl (C=O) groups is 2. The summed E-state index contributed by atoms with van der Waals surface area (Å²) in [5, 5.41) is 0. The summed E-state index contributed by atoms with van der Waals surface area (Å²) in [5.74, 6) is -0.852. The van der Waals surface area contributed by atoms with E-state index >= 15 is 0 Å². The summed E-state index contributed by atoms with van der Waals surface area (Å²) in [5.41, 5.74) is 0. The van der Waals surface area contributed by atoms with Gasteiger partial charge in [-0.25, -0.2) is 0 Å². The highest BCUT2D eigenvalue weighted by atomic mass is 31.2. The molecule has 0 saturated carbocycles. The van der Waals surface area contributed by atoms with Crippen LogP contribution in [0.25, 0.3) is 0 Å². The lowest BCUT2D eigenvalue weighted by Crippen LogP contribution is -2.37. The van der Waals surface area contributed by atoms with Gasteiger partial charge in [0.1, 0.15) is 19.8 Å². The first kappa shape index (κ1) is 65.8. The van der Waals surface area contributed by atoms with Crippen molar-refractivity contribution in [3.8, 4) is 0 Å². The second kappa shape index (κ2) is 49.7. The molecule has 0 radical (unpaired) electrons. The summed E-state index contributed by atoms with van der Waals surface area (Å²) in [6, 6.07) is 0. The highest BCUT2D eigenvalue weighted by molar-refractivity contribution is 7.45. The molecule has 0 N–H and O–H groups in total. The first-order valence-electron chi connectivity index (χ1n) is 28.9. The first-order chi connectivity index (χ1) is 32.5. The number of likely N-dealkylation sites (N-methyl/N-ethyl adjacent to an activating group) is 1. The smallest absolute Gasteiger partial charge is 0.306 e. The predicted molar refractivity (Wildman–Crippen MR) is 282 cm³/mol. The first-order valence-corrected chi connectivity index (χ1v) is 30.4. The van der Waals surface area contributed by atoms with E-state index in [0.29, 0.717) is 17.4 Å². The molecular weight excluding hydrogens is 858 g/mol. The fourth-order valence-electron chi connectivity index (χ4n) is 8.55. The Balaban J connectivity index is 4.16. The molecule has 0 amide bonds. The molecule has 1 unspecified atom stereocenters. The number of unbranched alkanes of at least 4 members (excludes halogenated alkanes) is 38. The van der Waals surface area contributed by atoms with E-state index < -0.39 is 26.5 Å². The summed E-state index contributed by atoms with van der Waals surface area (Å²) in [7, 11) is 1.17. The number of esters is 2. The second-order valence-corrected chi connectivity index (χ2v) is 22.4. The maximum atomic E-state index is 12.8. The van der Waals surface area contributed by atoms with E-state index in [-0.39, 0.29) is 32.0 Å². The van der Waals surface area contributed by atoms with Crippen LogP contribution < -0.4 is 4.89 Å². The van der Waals surface area contributed by atoms with E-state index in [4.69, 9.17) is 18.5 Å².